The van der Waals surface area contributed by atoms with Crippen molar-refractivity contribution in [3.05, 3.63) is 52.8 Å². The Kier molecular flexibility index (Phi) is 6.96. The van der Waals surface area contributed by atoms with Gasteiger partial charge in [0.05, 0.1) is 5.52 Å². The molecule has 1 aliphatic rings. The molecule has 3 aromatic rings. The SMILES string of the molecule is NC(=O)c1nn(CC(=O)N(CC(=O)Nc2cccc(Br)n2)[C@H]2C[C@H](NC(=O)O)C2)c2ccccc12. The van der Waals surface area contributed by atoms with E-state index in [0.29, 0.717) is 34.2 Å². The van der Waals surface area contributed by atoms with Crippen molar-refractivity contribution in [1.82, 2.24) is 25.0 Å². The third-order valence-corrected chi connectivity index (χ3v) is 6.12. The number of carbonyl (C=O) groups excluding carboxylic acids is 3. The normalized spacial score (nSPS) is 16.8. The van der Waals surface area contributed by atoms with E-state index in [9.17, 15) is 19.2 Å². The number of pyridine rings is 1. The third kappa shape index (κ3) is 5.57. The first kappa shape index (κ1) is 24.1. The second-order valence-corrected chi connectivity index (χ2v) is 8.89. The van der Waals surface area contributed by atoms with E-state index in [1.54, 1.807) is 42.5 Å². The molecule has 2 heterocycles. The zero-order valence-corrected chi connectivity index (χ0v) is 19.9. The largest absolute Gasteiger partial charge is 0.465 e. The average molecular weight is 544 g/mol. The van der Waals surface area contributed by atoms with Crippen LogP contribution in [0.3, 0.4) is 0 Å². The van der Waals surface area contributed by atoms with Gasteiger partial charge < -0.3 is 26.4 Å². The van der Waals surface area contributed by atoms with Crippen LogP contribution in [0.15, 0.2) is 47.1 Å². The number of nitrogens with zero attached hydrogens (tertiary/aromatic N) is 4. The number of aromatic nitrogens is 3. The number of anilines is 1. The Balaban J connectivity index is 1.53. The fraction of sp³-hybridized carbons (Fsp3) is 0.273. The predicted molar refractivity (Wildman–Crippen MR) is 129 cm³/mol. The Morgan fingerprint density at radius 3 is 2.57 bits per heavy atom. The molecule has 13 heteroatoms. The second-order valence-electron chi connectivity index (χ2n) is 8.07. The van der Waals surface area contributed by atoms with Crippen LogP contribution >= 0.6 is 15.9 Å². The van der Waals surface area contributed by atoms with Gasteiger partial charge in [0, 0.05) is 17.5 Å². The third-order valence-electron chi connectivity index (χ3n) is 5.67. The van der Waals surface area contributed by atoms with Gasteiger partial charge in [0.25, 0.3) is 5.91 Å². The van der Waals surface area contributed by atoms with E-state index >= 15 is 0 Å². The van der Waals surface area contributed by atoms with Crippen molar-refractivity contribution in [3.8, 4) is 0 Å². The van der Waals surface area contributed by atoms with E-state index in [4.69, 9.17) is 10.8 Å². The maximum absolute atomic E-state index is 13.3. The van der Waals surface area contributed by atoms with Crippen LogP contribution < -0.4 is 16.4 Å². The summed E-state index contributed by atoms with van der Waals surface area (Å²) in [5.74, 6) is -1.26. The number of hydrogen-bond acceptors (Lipinski definition) is 6. The molecule has 35 heavy (non-hydrogen) atoms. The van der Waals surface area contributed by atoms with Crippen molar-refractivity contribution in [1.29, 1.82) is 0 Å². The molecule has 5 N–H and O–H groups in total. The van der Waals surface area contributed by atoms with Crippen LogP contribution in [0.1, 0.15) is 23.3 Å². The lowest BCUT2D eigenvalue weighted by Gasteiger charge is -2.42. The Morgan fingerprint density at radius 2 is 1.89 bits per heavy atom. The van der Waals surface area contributed by atoms with Gasteiger partial charge in [-0.1, -0.05) is 24.3 Å². The molecule has 182 valence electrons. The first-order chi connectivity index (χ1) is 16.7. The number of primary amides is 1. The lowest BCUT2D eigenvalue weighted by atomic mass is 9.85. The van der Waals surface area contributed by atoms with Crippen LogP contribution in [0.5, 0.6) is 0 Å². The number of para-hydroxylation sites is 1. The molecular formula is C22H22BrN7O5. The number of benzene rings is 1. The highest BCUT2D eigenvalue weighted by atomic mass is 79.9. The fourth-order valence-electron chi connectivity index (χ4n) is 4.02. The van der Waals surface area contributed by atoms with Gasteiger partial charge in [0.2, 0.25) is 11.8 Å². The Morgan fingerprint density at radius 1 is 1.14 bits per heavy atom. The number of carboxylic acid groups (broad SMARTS) is 1. The number of hydrogen-bond donors (Lipinski definition) is 4. The number of nitrogens with one attached hydrogen (secondary N) is 2. The smallest absolute Gasteiger partial charge is 0.404 e. The van der Waals surface area contributed by atoms with E-state index in [1.807, 2.05) is 0 Å². The van der Waals surface area contributed by atoms with E-state index < -0.39 is 23.8 Å². The second kappa shape index (κ2) is 10.1. The van der Waals surface area contributed by atoms with Crippen molar-refractivity contribution in [3.63, 3.8) is 0 Å². The van der Waals surface area contributed by atoms with Gasteiger partial charge in [0.15, 0.2) is 5.69 Å². The van der Waals surface area contributed by atoms with E-state index in [0.717, 1.165) is 0 Å². The summed E-state index contributed by atoms with van der Waals surface area (Å²) in [6, 6.07) is 11.3. The van der Waals surface area contributed by atoms with Crippen molar-refractivity contribution in [2.24, 2.45) is 5.73 Å². The maximum atomic E-state index is 13.3. The number of fused-ring (bicyclic) bond motifs is 1. The molecule has 0 bridgehead atoms. The lowest BCUT2D eigenvalue weighted by molar-refractivity contribution is -0.140. The summed E-state index contributed by atoms with van der Waals surface area (Å²) in [5.41, 5.74) is 6.04. The number of rotatable bonds is 8. The van der Waals surface area contributed by atoms with Crippen LogP contribution in [0.2, 0.25) is 0 Å². The molecule has 0 radical (unpaired) electrons. The molecule has 0 aliphatic heterocycles. The molecule has 1 saturated carbocycles. The molecule has 0 saturated heterocycles. The summed E-state index contributed by atoms with van der Waals surface area (Å²) in [6.45, 7) is -0.497. The zero-order valence-electron chi connectivity index (χ0n) is 18.3. The van der Waals surface area contributed by atoms with Gasteiger partial charge in [-0.15, -0.1) is 0 Å². The summed E-state index contributed by atoms with van der Waals surface area (Å²) in [5, 5.41) is 18.7. The van der Waals surface area contributed by atoms with Crippen molar-refractivity contribution < 1.29 is 24.3 Å². The number of halogens is 1. The van der Waals surface area contributed by atoms with Crippen molar-refractivity contribution in [2.45, 2.75) is 31.5 Å². The molecule has 4 rings (SSSR count). The quantitative estimate of drug-likeness (QED) is 0.312. The first-order valence-corrected chi connectivity index (χ1v) is 11.5. The molecule has 12 nitrogen and oxygen atoms in total. The van der Waals surface area contributed by atoms with Crippen LogP contribution in [0.4, 0.5) is 10.6 Å². The molecule has 0 unspecified atom stereocenters. The average Bonchev–Trinajstić information content (AvgIpc) is 3.13. The van der Waals surface area contributed by atoms with E-state index in [1.165, 1.54) is 9.58 Å². The molecular weight excluding hydrogens is 522 g/mol. The minimum absolute atomic E-state index is 0.0489. The summed E-state index contributed by atoms with van der Waals surface area (Å²) in [4.78, 5) is 54.4. The van der Waals surface area contributed by atoms with Crippen LogP contribution in [-0.2, 0) is 16.1 Å². The van der Waals surface area contributed by atoms with Gasteiger partial charge in [-0.25, -0.2) is 9.78 Å². The van der Waals surface area contributed by atoms with E-state index in [-0.39, 0.29) is 30.9 Å². The Hall–Kier alpha value is -4.00. The Bertz CT molecular complexity index is 1300. The summed E-state index contributed by atoms with van der Waals surface area (Å²) in [6.07, 6.45) is -0.411. The lowest BCUT2D eigenvalue weighted by Crippen LogP contribution is -2.57. The Labute approximate surface area is 207 Å². The molecule has 1 fully saturated rings. The zero-order chi connectivity index (χ0) is 25.1. The van der Waals surface area contributed by atoms with Gasteiger partial charge in [0.1, 0.15) is 23.5 Å². The molecule has 0 spiro atoms. The maximum Gasteiger partial charge on any atom is 0.404 e. The molecule has 4 amide bonds. The van der Waals surface area contributed by atoms with Gasteiger partial charge >= 0.3 is 6.09 Å². The highest BCUT2D eigenvalue weighted by Gasteiger charge is 2.38. The number of carbonyl (C=O) groups is 4. The number of amides is 4. The van der Waals surface area contributed by atoms with Gasteiger partial charge in [-0.2, -0.15) is 5.10 Å². The first-order valence-electron chi connectivity index (χ1n) is 10.7. The van der Waals surface area contributed by atoms with Crippen LogP contribution in [0.25, 0.3) is 10.9 Å². The van der Waals surface area contributed by atoms with Gasteiger partial charge in [-0.3, -0.25) is 19.1 Å². The summed E-state index contributed by atoms with van der Waals surface area (Å²) in [7, 11) is 0. The molecule has 1 aliphatic carbocycles. The highest BCUT2D eigenvalue weighted by molar-refractivity contribution is 9.10. The predicted octanol–water partition coefficient (Wildman–Crippen LogP) is 1.56. The van der Waals surface area contributed by atoms with Crippen molar-refractivity contribution >= 4 is 56.5 Å². The number of nitrogens with two attached hydrogens (primary N) is 1. The summed E-state index contributed by atoms with van der Waals surface area (Å²) < 4.78 is 1.92. The monoisotopic (exact) mass is 543 g/mol. The fourth-order valence-corrected chi connectivity index (χ4v) is 4.36. The van der Waals surface area contributed by atoms with Crippen LogP contribution in [0, 0.1) is 0 Å². The van der Waals surface area contributed by atoms with Crippen LogP contribution in [-0.4, -0.2) is 67.2 Å². The molecule has 1 aromatic carbocycles. The minimum Gasteiger partial charge on any atom is -0.465 e. The topological polar surface area (TPSA) is 173 Å². The minimum atomic E-state index is -1.15. The van der Waals surface area contributed by atoms with Gasteiger partial charge in [-0.05, 0) is 47.0 Å². The van der Waals surface area contributed by atoms with E-state index in [2.05, 4.69) is 36.6 Å². The molecule has 0 atom stereocenters. The summed E-state index contributed by atoms with van der Waals surface area (Å²) >= 11 is 3.24. The molecule has 2 aromatic heterocycles. The van der Waals surface area contributed by atoms with Crippen molar-refractivity contribution in [2.75, 3.05) is 11.9 Å². The standard InChI is InChI=1S/C22H22BrN7O5/c23-16-6-3-7-17(26-16)27-18(31)10-29(13-8-12(9-13)25-22(34)35)19(32)11-30-15-5-2-1-4-14(15)20(28-30)21(24)33/h1-7,12-13,25H,8-11H2,(H2,24,33)(H,34,35)(H,26,27,31)/t12-,13-. The highest BCUT2D eigenvalue weighted by Crippen LogP contribution is 2.27.